The lowest BCUT2D eigenvalue weighted by Gasteiger charge is -2.13. The maximum absolute atomic E-state index is 13.7. The van der Waals surface area contributed by atoms with E-state index in [0.717, 1.165) is 12.1 Å². The Hall–Kier alpha value is -3.11. The summed E-state index contributed by atoms with van der Waals surface area (Å²) in [6.07, 6.45) is 1.37. The van der Waals surface area contributed by atoms with Gasteiger partial charge in [0.05, 0.1) is 22.2 Å². The van der Waals surface area contributed by atoms with E-state index in [1.165, 1.54) is 18.2 Å². The second-order valence-corrected chi connectivity index (χ2v) is 7.62. The molecule has 1 aliphatic rings. The van der Waals surface area contributed by atoms with Crippen molar-refractivity contribution >= 4 is 52.2 Å². The smallest absolute Gasteiger partial charge is 0.294 e. The summed E-state index contributed by atoms with van der Waals surface area (Å²) in [4.78, 5) is 37.7. The van der Waals surface area contributed by atoms with Crippen molar-refractivity contribution in [2.24, 2.45) is 0 Å². The van der Waals surface area contributed by atoms with E-state index in [1.807, 2.05) is 0 Å². The van der Waals surface area contributed by atoms with Gasteiger partial charge in [0, 0.05) is 6.07 Å². The molecule has 2 N–H and O–H groups in total. The van der Waals surface area contributed by atoms with Crippen LogP contribution >= 0.6 is 23.4 Å². The number of aromatic hydroxyl groups is 1. The van der Waals surface area contributed by atoms with Gasteiger partial charge in [-0.1, -0.05) is 11.6 Å². The highest BCUT2D eigenvalue weighted by Gasteiger charge is 2.36. The van der Waals surface area contributed by atoms with Crippen molar-refractivity contribution in [2.45, 2.75) is 6.92 Å². The lowest BCUT2D eigenvalue weighted by molar-refractivity contribution is -0.127. The normalized spacial score (nSPS) is 15.0. The Morgan fingerprint density at radius 3 is 2.71 bits per heavy atom. The number of imide groups is 1. The first-order chi connectivity index (χ1) is 14.7. The zero-order valence-corrected chi connectivity index (χ0v) is 17.5. The van der Waals surface area contributed by atoms with Crippen molar-refractivity contribution in [1.29, 1.82) is 0 Å². The minimum absolute atomic E-state index is 0.00266. The molecule has 31 heavy (non-hydrogen) atoms. The van der Waals surface area contributed by atoms with Gasteiger partial charge in [0.15, 0.2) is 11.5 Å². The van der Waals surface area contributed by atoms with Crippen molar-refractivity contribution in [3.05, 3.63) is 57.5 Å². The van der Waals surface area contributed by atoms with Gasteiger partial charge < -0.3 is 15.2 Å². The molecule has 1 saturated heterocycles. The Kier molecular flexibility index (Phi) is 6.81. The third-order valence-corrected chi connectivity index (χ3v) is 5.22. The Labute approximate surface area is 184 Å². The Morgan fingerprint density at radius 1 is 1.29 bits per heavy atom. The van der Waals surface area contributed by atoms with Gasteiger partial charge in [0.1, 0.15) is 18.2 Å². The van der Waals surface area contributed by atoms with Gasteiger partial charge in [0.2, 0.25) is 5.91 Å². The minimum atomic E-state index is -0.989. The summed E-state index contributed by atoms with van der Waals surface area (Å²) in [5.74, 6) is -3.50. The highest BCUT2D eigenvalue weighted by molar-refractivity contribution is 8.18. The summed E-state index contributed by atoms with van der Waals surface area (Å²) >= 11 is 6.57. The number of nitrogens with zero attached hydrogens (tertiary/aromatic N) is 1. The third kappa shape index (κ3) is 5.15. The number of nitrogens with one attached hydrogen (secondary N) is 1. The van der Waals surface area contributed by atoms with Crippen LogP contribution in [0.25, 0.3) is 6.08 Å². The molecule has 1 aliphatic heterocycles. The first-order valence-corrected chi connectivity index (χ1v) is 10.0. The summed E-state index contributed by atoms with van der Waals surface area (Å²) < 4.78 is 31.9. The first kappa shape index (κ1) is 22.6. The molecule has 2 aromatic rings. The van der Waals surface area contributed by atoms with Gasteiger partial charge in [-0.15, -0.1) is 0 Å². The standard InChI is InChI=1S/C20H15ClF2N2O5S/c1-2-30-15-6-10(5-12(21)18(15)27)7-16-19(28)25(20(29)31-16)9-17(26)24-14-4-3-11(22)8-13(14)23/h3-8,27H,2,9H2,1H3,(H,24,26). The average molecular weight is 469 g/mol. The molecule has 162 valence electrons. The van der Waals surface area contributed by atoms with Crippen LogP contribution in [0.4, 0.5) is 19.3 Å². The number of ether oxygens (including phenoxy) is 1. The Bertz CT molecular complexity index is 1110. The number of carbonyl (C=O) groups excluding carboxylic acids is 3. The van der Waals surface area contributed by atoms with E-state index in [0.29, 0.717) is 28.3 Å². The van der Waals surface area contributed by atoms with E-state index >= 15 is 0 Å². The molecule has 7 nitrogen and oxygen atoms in total. The third-order valence-electron chi connectivity index (χ3n) is 4.03. The van der Waals surface area contributed by atoms with Crippen LogP contribution in [0.15, 0.2) is 35.2 Å². The highest BCUT2D eigenvalue weighted by atomic mass is 35.5. The van der Waals surface area contributed by atoms with Crippen LogP contribution in [-0.2, 0) is 9.59 Å². The van der Waals surface area contributed by atoms with Crippen LogP contribution < -0.4 is 10.1 Å². The number of halogens is 3. The van der Waals surface area contributed by atoms with Gasteiger partial charge in [-0.05, 0) is 54.6 Å². The fourth-order valence-corrected chi connectivity index (χ4v) is 3.71. The molecular weight excluding hydrogens is 454 g/mol. The predicted molar refractivity (Wildman–Crippen MR) is 112 cm³/mol. The van der Waals surface area contributed by atoms with Crippen molar-refractivity contribution in [2.75, 3.05) is 18.5 Å². The summed E-state index contributed by atoms with van der Waals surface area (Å²) in [5, 5.41) is 11.4. The molecule has 1 fully saturated rings. The van der Waals surface area contributed by atoms with Crippen LogP contribution in [0.1, 0.15) is 12.5 Å². The van der Waals surface area contributed by atoms with Gasteiger partial charge >= 0.3 is 0 Å². The largest absolute Gasteiger partial charge is 0.503 e. The lowest BCUT2D eigenvalue weighted by Crippen LogP contribution is -2.36. The Balaban J connectivity index is 1.75. The Morgan fingerprint density at radius 2 is 2.03 bits per heavy atom. The highest BCUT2D eigenvalue weighted by Crippen LogP contribution is 2.38. The van der Waals surface area contributed by atoms with E-state index in [1.54, 1.807) is 6.92 Å². The molecule has 0 spiro atoms. The van der Waals surface area contributed by atoms with Crippen molar-refractivity contribution < 1.29 is 33.0 Å². The molecule has 1 heterocycles. The summed E-state index contributed by atoms with van der Waals surface area (Å²) in [6, 6.07) is 5.42. The number of phenolic OH excluding ortho intramolecular Hbond substituents is 1. The number of phenols is 1. The minimum Gasteiger partial charge on any atom is -0.503 e. The number of thioether (sulfide) groups is 1. The predicted octanol–water partition coefficient (Wildman–Crippen LogP) is 4.40. The molecule has 0 bridgehead atoms. The number of amides is 3. The van der Waals surface area contributed by atoms with Gasteiger partial charge in [-0.3, -0.25) is 19.3 Å². The fourth-order valence-electron chi connectivity index (χ4n) is 2.65. The number of anilines is 1. The van der Waals surface area contributed by atoms with Gasteiger partial charge in [-0.25, -0.2) is 8.78 Å². The van der Waals surface area contributed by atoms with Gasteiger partial charge in [-0.2, -0.15) is 0 Å². The first-order valence-electron chi connectivity index (χ1n) is 8.85. The summed E-state index contributed by atoms with van der Waals surface area (Å²) in [5.41, 5.74) is 0.116. The van der Waals surface area contributed by atoms with Crippen molar-refractivity contribution in [3.63, 3.8) is 0 Å². The second kappa shape index (κ2) is 9.36. The maximum Gasteiger partial charge on any atom is 0.294 e. The monoisotopic (exact) mass is 468 g/mol. The number of hydrogen-bond donors (Lipinski definition) is 2. The number of carbonyl (C=O) groups is 3. The van der Waals surface area contributed by atoms with Crippen molar-refractivity contribution in [1.82, 2.24) is 4.90 Å². The molecule has 2 aromatic carbocycles. The molecule has 3 rings (SSSR count). The molecular formula is C20H15ClF2N2O5S. The molecule has 0 unspecified atom stereocenters. The van der Waals surface area contributed by atoms with E-state index in [2.05, 4.69) is 5.32 Å². The average Bonchev–Trinajstić information content (AvgIpc) is 2.95. The van der Waals surface area contributed by atoms with E-state index in [-0.39, 0.29) is 33.7 Å². The van der Waals surface area contributed by atoms with Crippen LogP contribution in [0.3, 0.4) is 0 Å². The fraction of sp³-hybridized carbons (Fsp3) is 0.150. The number of hydrogen-bond acceptors (Lipinski definition) is 6. The summed E-state index contributed by atoms with van der Waals surface area (Å²) in [6.45, 7) is 1.33. The molecule has 0 saturated carbocycles. The molecule has 3 amide bonds. The van der Waals surface area contributed by atoms with E-state index in [4.69, 9.17) is 16.3 Å². The SMILES string of the molecule is CCOc1cc(C=C2SC(=O)N(CC(=O)Nc3ccc(F)cc3F)C2=O)cc(Cl)c1O. The van der Waals surface area contributed by atoms with Gasteiger partial charge in [0.25, 0.3) is 11.1 Å². The molecule has 0 aliphatic carbocycles. The quantitative estimate of drug-likeness (QED) is 0.610. The second-order valence-electron chi connectivity index (χ2n) is 6.22. The summed E-state index contributed by atoms with van der Waals surface area (Å²) in [7, 11) is 0. The topological polar surface area (TPSA) is 95.9 Å². The lowest BCUT2D eigenvalue weighted by atomic mass is 10.2. The zero-order chi connectivity index (χ0) is 22.7. The van der Waals surface area contributed by atoms with E-state index in [9.17, 15) is 28.3 Å². The maximum atomic E-state index is 13.7. The molecule has 0 aromatic heterocycles. The molecule has 0 radical (unpaired) electrons. The van der Waals surface area contributed by atoms with Crippen LogP contribution in [0, 0.1) is 11.6 Å². The molecule has 11 heteroatoms. The number of rotatable bonds is 6. The number of benzene rings is 2. The van der Waals surface area contributed by atoms with Crippen LogP contribution in [0.5, 0.6) is 11.5 Å². The molecule has 0 atom stereocenters. The van der Waals surface area contributed by atoms with Crippen molar-refractivity contribution in [3.8, 4) is 11.5 Å². The van der Waals surface area contributed by atoms with Crippen LogP contribution in [-0.4, -0.2) is 40.2 Å². The van der Waals surface area contributed by atoms with Crippen LogP contribution in [0.2, 0.25) is 5.02 Å². The van der Waals surface area contributed by atoms with E-state index < -0.39 is 35.2 Å². The zero-order valence-electron chi connectivity index (χ0n) is 15.9.